The van der Waals surface area contributed by atoms with Crippen LogP contribution in [0, 0.1) is 0 Å². The van der Waals surface area contributed by atoms with Crippen LogP contribution in [-0.2, 0) is 14.3 Å². The Morgan fingerprint density at radius 3 is 2.91 bits per heavy atom. The molecule has 0 N–H and O–H groups in total. The molecule has 2 fully saturated rings. The average molecular weight is 324 g/mol. The fourth-order valence-corrected chi connectivity index (χ4v) is 2.36. The molecule has 6 heteroatoms. The van der Waals surface area contributed by atoms with Crippen LogP contribution < -0.4 is 4.74 Å². The quantitative estimate of drug-likeness (QED) is 0.614. The van der Waals surface area contributed by atoms with E-state index in [-0.39, 0.29) is 12.0 Å². The lowest BCUT2D eigenvalue weighted by molar-refractivity contribution is -0.129. The van der Waals surface area contributed by atoms with Gasteiger partial charge in [0.25, 0.3) is 0 Å². The average Bonchev–Trinajstić information content (AvgIpc) is 3.37. The summed E-state index contributed by atoms with van der Waals surface area (Å²) in [4.78, 5) is 13.9. The van der Waals surface area contributed by atoms with Crippen LogP contribution in [-0.4, -0.2) is 56.4 Å². The molecule has 2 aliphatic heterocycles. The van der Waals surface area contributed by atoms with E-state index in [1.54, 1.807) is 29.2 Å². The van der Waals surface area contributed by atoms with E-state index in [0.717, 1.165) is 12.2 Å². The van der Waals surface area contributed by atoms with Crippen molar-refractivity contribution in [3.63, 3.8) is 0 Å². The van der Waals surface area contributed by atoms with Crippen molar-refractivity contribution in [1.29, 1.82) is 0 Å². The summed E-state index contributed by atoms with van der Waals surface area (Å²) in [6.07, 6.45) is 3.48. The summed E-state index contributed by atoms with van der Waals surface area (Å²) in [5, 5.41) is 0.605. The molecule has 2 heterocycles. The number of carbonyl (C=O) groups excluding carboxylic acids is 1. The summed E-state index contributed by atoms with van der Waals surface area (Å²) in [5.74, 6) is 0.672. The van der Waals surface area contributed by atoms with Gasteiger partial charge in [0, 0.05) is 29.8 Å². The number of nitrogens with zero attached hydrogens (tertiary/aromatic N) is 1. The van der Waals surface area contributed by atoms with Gasteiger partial charge in [0.15, 0.2) is 0 Å². The zero-order valence-electron chi connectivity index (χ0n) is 12.2. The Morgan fingerprint density at radius 2 is 2.18 bits per heavy atom. The monoisotopic (exact) mass is 323 g/mol. The zero-order valence-corrected chi connectivity index (χ0v) is 12.9. The Hall–Kier alpha value is -1.56. The number of halogens is 1. The van der Waals surface area contributed by atoms with Crippen LogP contribution in [0.5, 0.6) is 5.75 Å². The molecule has 5 nitrogen and oxygen atoms in total. The first kappa shape index (κ1) is 15.3. The highest BCUT2D eigenvalue weighted by molar-refractivity contribution is 6.30. The molecule has 0 bridgehead atoms. The number of carbonyl (C=O) groups is 1. The number of hydrogen-bond donors (Lipinski definition) is 0. The van der Waals surface area contributed by atoms with Crippen LogP contribution in [0.25, 0.3) is 6.08 Å². The molecule has 0 saturated carbocycles. The Bertz CT molecular complexity index is 565. The van der Waals surface area contributed by atoms with Gasteiger partial charge in [-0.25, -0.2) is 0 Å². The van der Waals surface area contributed by atoms with Gasteiger partial charge >= 0.3 is 0 Å². The molecule has 3 rings (SSSR count). The molecule has 1 unspecified atom stereocenters. The molecule has 1 aromatic carbocycles. The molecule has 0 radical (unpaired) electrons. The molecule has 0 aromatic heterocycles. The molecule has 1 aromatic rings. The first-order chi connectivity index (χ1) is 10.7. The van der Waals surface area contributed by atoms with Crippen LogP contribution in [0.3, 0.4) is 0 Å². The van der Waals surface area contributed by atoms with E-state index < -0.39 is 0 Å². The number of epoxide rings is 1. The van der Waals surface area contributed by atoms with Crippen molar-refractivity contribution in [3.8, 4) is 5.75 Å². The first-order valence-electron chi connectivity index (χ1n) is 7.31. The highest BCUT2D eigenvalue weighted by Gasteiger charge is 2.23. The molecule has 2 aliphatic rings. The second-order valence-corrected chi connectivity index (χ2v) is 5.66. The lowest BCUT2D eigenvalue weighted by atomic mass is 10.2. The maximum atomic E-state index is 12.1. The fraction of sp³-hybridized carbons (Fsp3) is 0.438. The highest BCUT2D eigenvalue weighted by Crippen LogP contribution is 2.25. The van der Waals surface area contributed by atoms with E-state index in [0.29, 0.717) is 43.7 Å². The lowest BCUT2D eigenvalue weighted by Gasteiger charge is -2.25. The number of morpholine rings is 1. The summed E-state index contributed by atoms with van der Waals surface area (Å²) in [5.41, 5.74) is 0.787. The summed E-state index contributed by atoms with van der Waals surface area (Å²) < 4.78 is 16.1. The van der Waals surface area contributed by atoms with Crippen molar-refractivity contribution in [2.75, 3.05) is 39.5 Å². The van der Waals surface area contributed by atoms with Gasteiger partial charge in [-0.1, -0.05) is 11.6 Å². The van der Waals surface area contributed by atoms with Gasteiger partial charge in [-0.2, -0.15) is 0 Å². The van der Waals surface area contributed by atoms with Crippen LogP contribution in [0.2, 0.25) is 5.02 Å². The van der Waals surface area contributed by atoms with Gasteiger partial charge in [-0.15, -0.1) is 0 Å². The van der Waals surface area contributed by atoms with E-state index >= 15 is 0 Å². The van der Waals surface area contributed by atoms with Gasteiger partial charge in [-0.3, -0.25) is 4.79 Å². The van der Waals surface area contributed by atoms with E-state index in [9.17, 15) is 4.79 Å². The van der Waals surface area contributed by atoms with Gasteiger partial charge < -0.3 is 19.1 Å². The van der Waals surface area contributed by atoms with Gasteiger partial charge in [0.1, 0.15) is 18.5 Å². The summed E-state index contributed by atoms with van der Waals surface area (Å²) in [6.45, 7) is 3.69. The van der Waals surface area contributed by atoms with Crippen molar-refractivity contribution in [2.45, 2.75) is 6.10 Å². The molecule has 1 atom stereocenters. The summed E-state index contributed by atoms with van der Waals surface area (Å²) in [7, 11) is 0. The number of ether oxygens (including phenoxy) is 3. The molecular weight excluding hydrogens is 306 g/mol. The van der Waals surface area contributed by atoms with E-state index in [2.05, 4.69) is 0 Å². The molecule has 0 aliphatic carbocycles. The SMILES string of the molecule is O=C(C=Cc1cc(Cl)ccc1OCC1CO1)N1CCOCC1. The maximum Gasteiger partial charge on any atom is 0.246 e. The van der Waals surface area contributed by atoms with Crippen LogP contribution in [0.4, 0.5) is 0 Å². The maximum absolute atomic E-state index is 12.1. The van der Waals surface area contributed by atoms with Crippen LogP contribution >= 0.6 is 11.6 Å². The normalized spacial score (nSPS) is 21.1. The standard InChI is InChI=1S/C16H18ClNO4/c17-13-2-3-15(22-11-14-10-21-14)12(9-13)1-4-16(19)18-5-7-20-8-6-18/h1-4,9,14H,5-8,10-11H2. The summed E-state index contributed by atoms with van der Waals surface area (Å²) in [6, 6.07) is 5.36. The molecule has 2 saturated heterocycles. The first-order valence-corrected chi connectivity index (χ1v) is 7.69. The Labute approximate surface area is 134 Å². The molecular formula is C16H18ClNO4. The second-order valence-electron chi connectivity index (χ2n) is 5.22. The zero-order chi connectivity index (χ0) is 15.4. The minimum atomic E-state index is -0.0280. The third kappa shape index (κ3) is 4.22. The largest absolute Gasteiger partial charge is 0.490 e. The predicted octanol–water partition coefficient (Wildman–Crippen LogP) is 1.99. The number of benzene rings is 1. The highest BCUT2D eigenvalue weighted by atomic mass is 35.5. The topological polar surface area (TPSA) is 51.3 Å². The van der Waals surface area contributed by atoms with Crippen molar-refractivity contribution < 1.29 is 19.0 Å². The van der Waals surface area contributed by atoms with Crippen LogP contribution in [0.15, 0.2) is 24.3 Å². The summed E-state index contributed by atoms with van der Waals surface area (Å²) >= 11 is 6.03. The predicted molar refractivity (Wildman–Crippen MR) is 83.1 cm³/mol. The molecule has 0 spiro atoms. The lowest BCUT2D eigenvalue weighted by Crippen LogP contribution is -2.39. The minimum Gasteiger partial charge on any atom is -0.490 e. The Morgan fingerprint density at radius 1 is 1.41 bits per heavy atom. The van der Waals surface area contributed by atoms with Crippen molar-refractivity contribution >= 4 is 23.6 Å². The smallest absolute Gasteiger partial charge is 0.246 e. The van der Waals surface area contributed by atoms with Crippen LogP contribution in [0.1, 0.15) is 5.56 Å². The van der Waals surface area contributed by atoms with Gasteiger partial charge in [0.05, 0.1) is 19.8 Å². The number of amides is 1. The molecule has 1 amide bonds. The number of rotatable bonds is 5. The molecule has 118 valence electrons. The Balaban J connectivity index is 1.67. The second kappa shape index (κ2) is 7.13. The van der Waals surface area contributed by atoms with E-state index in [1.165, 1.54) is 0 Å². The third-order valence-electron chi connectivity index (χ3n) is 3.53. The van der Waals surface area contributed by atoms with Crippen molar-refractivity contribution in [3.05, 3.63) is 34.9 Å². The van der Waals surface area contributed by atoms with Gasteiger partial charge in [-0.05, 0) is 24.3 Å². The number of hydrogen-bond acceptors (Lipinski definition) is 4. The van der Waals surface area contributed by atoms with E-state index in [1.807, 2.05) is 6.07 Å². The fourth-order valence-electron chi connectivity index (χ4n) is 2.18. The van der Waals surface area contributed by atoms with Crippen molar-refractivity contribution in [1.82, 2.24) is 4.90 Å². The van der Waals surface area contributed by atoms with E-state index in [4.69, 9.17) is 25.8 Å². The third-order valence-corrected chi connectivity index (χ3v) is 3.76. The minimum absolute atomic E-state index is 0.0280. The van der Waals surface area contributed by atoms with Crippen molar-refractivity contribution in [2.24, 2.45) is 0 Å². The Kier molecular flexibility index (Phi) is 4.97. The molecule has 22 heavy (non-hydrogen) atoms. The van der Waals surface area contributed by atoms with Gasteiger partial charge in [0.2, 0.25) is 5.91 Å².